The molecule has 2 bridgehead atoms. The van der Waals surface area contributed by atoms with Crippen LogP contribution in [-0.2, 0) is 4.79 Å². The van der Waals surface area contributed by atoms with Crippen molar-refractivity contribution in [2.75, 3.05) is 0 Å². The summed E-state index contributed by atoms with van der Waals surface area (Å²) >= 11 is 0. The fourth-order valence-corrected chi connectivity index (χ4v) is 3.27. The van der Waals surface area contributed by atoms with Crippen molar-refractivity contribution >= 4 is 5.91 Å². The standard InChI is InChI=1S/C11H15NO/c13-10-6-5-9-7-1-3-8(4-2-7)11(9)12-10/h1,3,7-9,11H,2,4-6H2,(H,12,13). The van der Waals surface area contributed by atoms with Crippen molar-refractivity contribution in [1.82, 2.24) is 5.32 Å². The summed E-state index contributed by atoms with van der Waals surface area (Å²) < 4.78 is 0. The number of carbonyl (C=O) groups excluding carboxylic acids is 1. The maximum absolute atomic E-state index is 11.3. The number of hydrogen-bond donors (Lipinski definition) is 1. The van der Waals surface area contributed by atoms with E-state index in [4.69, 9.17) is 0 Å². The summed E-state index contributed by atoms with van der Waals surface area (Å²) in [5.41, 5.74) is 0. The highest BCUT2D eigenvalue weighted by molar-refractivity contribution is 5.77. The summed E-state index contributed by atoms with van der Waals surface area (Å²) in [4.78, 5) is 11.3. The number of allylic oxidation sites excluding steroid dienone is 1. The lowest BCUT2D eigenvalue weighted by atomic mass is 9.63. The van der Waals surface area contributed by atoms with Gasteiger partial charge in [0.15, 0.2) is 0 Å². The smallest absolute Gasteiger partial charge is 0.220 e. The zero-order chi connectivity index (χ0) is 8.84. The van der Waals surface area contributed by atoms with E-state index in [0.29, 0.717) is 12.0 Å². The molecular formula is C11H15NO. The fourth-order valence-electron chi connectivity index (χ4n) is 3.27. The summed E-state index contributed by atoms with van der Waals surface area (Å²) in [6.07, 6.45) is 9.19. The van der Waals surface area contributed by atoms with Gasteiger partial charge in [-0.15, -0.1) is 0 Å². The largest absolute Gasteiger partial charge is 0.352 e. The number of piperidine rings is 1. The molecule has 1 aliphatic heterocycles. The summed E-state index contributed by atoms with van der Waals surface area (Å²) in [6, 6.07) is 0.477. The lowest BCUT2D eigenvalue weighted by molar-refractivity contribution is -0.126. The second kappa shape index (κ2) is 2.60. The molecule has 1 saturated heterocycles. The van der Waals surface area contributed by atoms with Gasteiger partial charge in [-0.2, -0.15) is 0 Å². The van der Waals surface area contributed by atoms with E-state index < -0.39 is 0 Å². The fraction of sp³-hybridized carbons (Fsp3) is 0.727. The van der Waals surface area contributed by atoms with Crippen molar-refractivity contribution in [3.63, 3.8) is 0 Å². The zero-order valence-corrected chi connectivity index (χ0v) is 7.70. The number of rotatable bonds is 0. The van der Waals surface area contributed by atoms with E-state index in [1.165, 1.54) is 12.8 Å². The second-order valence-corrected chi connectivity index (χ2v) is 4.59. The van der Waals surface area contributed by atoms with Crippen molar-refractivity contribution in [3.05, 3.63) is 12.2 Å². The minimum atomic E-state index is 0.266. The lowest BCUT2D eigenvalue weighted by Crippen LogP contribution is -2.54. The van der Waals surface area contributed by atoms with Gasteiger partial charge in [0.05, 0.1) is 0 Å². The van der Waals surface area contributed by atoms with Gasteiger partial charge < -0.3 is 5.32 Å². The van der Waals surface area contributed by atoms with Crippen LogP contribution < -0.4 is 5.32 Å². The zero-order valence-electron chi connectivity index (χ0n) is 7.70. The van der Waals surface area contributed by atoms with Crippen molar-refractivity contribution in [3.8, 4) is 0 Å². The van der Waals surface area contributed by atoms with Gasteiger partial charge in [-0.3, -0.25) is 4.79 Å². The number of fused-ring (bicyclic) bond motifs is 1. The molecule has 4 unspecified atom stereocenters. The van der Waals surface area contributed by atoms with Gasteiger partial charge in [0, 0.05) is 12.5 Å². The summed E-state index contributed by atoms with van der Waals surface area (Å²) in [5, 5.41) is 3.16. The lowest BCUT2D eigenvalue weighted by Gasteiger charge is -2.47. The van der Waals surface area contributed by atoms with Crippen molar-refractivity contribution in [2.24, 2.45) is 17.8 Å². The van der Waals surface area contributed by atoms with E-state index in [1.54, 1.807) is 0 Å². The third-order valence-corrected chi connectivity index (χ3v) is 3.94. The molecule has 1 heterocycles. The van der Waals surface area contributed by atoms with Crippen LogP contribution in [0.25, 0.3) is 0 Å². The molecule has 0 radical (unpaired) electrons. The van der Waals surface area contributed by atoms with Gasteiger partial charge in [0.1, 0.15) is 0 Å². The van der Waals surface area contributed by atoms with Crippen LogP contribution in [0.5, 0.6) is 0 Å². The predicted octanol–water partition coefficient (Wildman–Crippen LogP) is 1.48. The van der Waals surface area contributed by atoms with Gasteiger partial charge in [0.2, 0.25) is 5.91 Å². The minimum Gasteiger partial charge on any atom is -0.352 e. The Morgan fingerprint density at radius 1 is 1.15 bits per heavy atom. The maximum Gasteiger partial charge on any atom is 0.220 e. The van der Waals surface area contributed by atoms with Crippen LogP contribution in [0.15, 0.2) is 12.2 Å². The minimum absolute atomic E-state index is 0.266. The molecule has 70 valence electrons. The summed E-state index contributed by atoms with van der Waals surface area (Å²) in [5.74, 6) is 2.42. The van der Waals surface area contributed by atoms with Crippen molar-refractivity contribution < 1.29 is 4.79 Å². The molecule has 0 aromatic rings. The number of amides is 1. The van der Waals surface area contributed by atoms with Crippen molar-refractivity contribution in [2.45, 2.75) is 31.7 Å². The molecule has 0 aromatic heterocycles. The maximum atomic E-state index is 11.3. The number of nitrogens with one attached hydrogen (secondary N) is 1. The Morgan fingerprint density at radius 3 is 2.69 bits per heavy atom. The average Bonchev–Trinajstić information content (AvgIpc) is 2.19. The van der Waals surface area contributed by atoms with Crippen LogP contribution in [-0.4, -0.2) is 11.9 Å². The van der Waals surface area contributed by atoms with Gasteiger partial charge >= 0.3 is 0 Å². The van der Waals surface area contributed by atoms with Crippen LogP contribution in [0.1, 0.15) is 25.7 Å². The van der Waals surface area contributed by atoms with Gasteiger partial charge in [-0.1, -0.05) is 12.2 Å². The third kappa shape index (κ3) is 1.04. The highest BCUT2D eigenvalue weighted by Gasteiger charge is 2.43. The molecule has 4 aliphatic rings. The predicted molar refractivity (Wildman–Crippen MR) is 50.0 cm³/mol. The molecule has 13 heavy (non-hydrogen) atoms. The van der Waals surface area contributed by atoms with Gasteiger partial charge in [-0.25, -0.2) is 0 Å². The highest BCUT2D eigenvalue weighted by atomic mass is 16.1. The molecule has 0 spiro atoms. The Bertz CT molecular complexity index is 271. The van der Waals surface area contributed by atoms with E-state index in [9.17, 15) is 4.79 Å². The summed E-state index contributed by atoms with van der Waals surface area (Å²) in [7, 11) is 0. The average molecular weight is 177 g/mol. The van der Waals surface area contributed by atoms with E-state index in [1.807, 2.05) is 0 Å². The SMILES string of the molecule is O=C1CCC2C3C=CC(CC3)C2N1. The Labute approximate surface area is 78.4 Å². The topological polar surface area (TPSA) is 29.1 Å². The Kier molecular flexibility index (Phi) is 1.52. The first-order chi connectivity index (χ1) is 6.34. The Hall–Kier alpha value is -0.790. The first kappa shape index (κ1) is 7.60. The Balaban J connectivity index is 1.90. The molecule has 4 atom stereocenters. The Morgan fingerprint density at radius 2 is 1.92 bits per heavy atom. The van der Waals surface area contributed by atoms with E-state index in [0.717, 1.165) is 24.7 Å². The number of hydrogen-bond acceptors (Lipinski definition) is 1. The molecule has 1 saturated carbocycles. The first-order valence-corrected chi connectivity index (χ1v) is 5.32. The van der Waals surface area contributed by atoms with E-state index in [2.05, 4.69) is 17.5 Å². The molecule has 2 fully saturated rings. The monoisotopic (exact) mass is 177 g/mol. The normalized spacial score (nSPS) is 47.2. The van der Waals surface area contributed by atoms with E-state index >= 15 is 0 Å². The van der Waals surface area contributed by atoms with E-state index in [-0.39, 0.29) is 5.91 Å². The van der Waals surface area contributed by atoms with Crippen LogP contribution >= 0.6 is 0 Å². The van der Waals surface area contributed by atoms with Crippen molar-refractivity contribution in [1.29, 1.82) is 0 Å². The molecule has 2 heteroatoms. The molecule has 1 amide bonds. The van der Waals surface area contributed by atoms with Crippen LogP contribution in [0.4, 0.5) is 0 Å². The molecule has 0 aromatic carbocycles. The van der Waals surface area contributed by atoms with Gasteiger partial charge in [0.25, 0.3) is 0 Å². The number of carbonyl (C=O) groups is 1. The second-order valence-electron chi connectivity index (χ2n) is 4.59. The first-order valence-electron chi connectivity index (χ1n) is 5.32. The molecule has 4 rings (SSSR count). The molecule has 3 aliphatic carbocycles. The molecule has 2 nitrogen and oxygen atoms in total. The van der Waals surface area contributed by atoms with Crippen LogP contribution in [0.3, 0.4) is 0 Å². The third-order valence-electron chi connectivity index (χ3n) is 3.94. The van der Waals surface area contributed by atoms with Crippen LogP contribution in [0.2, 0.25) is 0 Å². The highest BCUT2D eigenvalue weighted by Crippen LogP contribution is 2.44. The van der Waals surface area contributed by atoms with Crippen LogP contribution in [0, 0.1) is 17.8 Å². The summed E-state index contributed by atoms with van der Waals surface area (Å²) in [6.45, 7) is 0. The van der Waals surface area contributed by atoms with Gasteiger partial charge in [-0.05, 0) is 37.0 Å². The molecule has 1 N–H and O–H groups in total. The molecular weight excluding hydrogens is 162 g/mol. The quantitative estimate of drug-likeness (QED) is 0.558.